The molecule has 2 aromatic rings. The zero-order valence-corrected chi connectivity index (χ0v) is 37.3. The fraction of sp³-hybridized carbons (Fsp3) is 0.523. The van der Waals surface area contributed by atoms with Gasteiger partial charge in [0.1, 0.15) is 12.6 Å². The van der Waals surface area contributed by atoms with Gasteiger partial charge in [0.2, 0.25) is 17.7 Å². The van der Waals surface area contributed by atoms with Crippen molar-refractivity contribution in [2.75, 3.05) is 23.8 Å². The molecule has 19 heteroatoms. The minimum Gasteiger partial charge on any atom is -0.393 e. The summed E-state index contributed by atoms with van der Waals surface area (Å²) < 4.78 is 29.9. The van der Waals surface area contributed by atoms with E-state index in [1.165, 1.54) is 0 Å². The van der Waals surface area contributed by atoms with E-state index in [9.17, 15) is 53.6 Å². The number of aliphatic hydroxyl groups excluding tert-OH is 2. The number of rotatable bonds is 16. The third-order valence-electron chi connectivity index (χ3n) is 13.8. The summed E-state index contributed by atoms with van der Waals surface area (Å²) in [7, 11) is -5.04. The summed E-state index contributed by atoms with van der Waals surface area (Å²) in [4.78, 5) is 83.1. The van der Waals surface area contributed by atoms with Crippen molar-refractivity contribution < 1.29 is 67.6 Å². The van der Waals surface area contributed by atoms with Gasteiger partial charge >= 0.3 is 7.82 Å². The van der Waals surface area contributed by atoms with E-state index in [0.29, 0.717) is 36.9 Å². The van der Waals surface area contributed by atoms with Crippen LogP contribution < -0.4 is 16.0 Å². The van der Waals surface area contributed by atoms with Crippen molar-refractivity contribution in [3.8, 4) is 0 Å². The average Bonchev–Trinajstić information content (AvgIpc) is 3.73. The van der Waals surface area contributed by atoms with Crippen LogP contribution in [0.1, 0.15) is 75.4 Å². The molecule has 1 saturated heterocycles. The number of carbonyl (C=O) groups is 5. The minimum atomic E-state index is -5.04. The topological polar surface area (TPSA) is 267 Å². The number of fused-ring (bicyclic) bond motifs is 7. The number of ketones is 2. The van der Waals surface area contributed by atoms with Crippen LogP contribution in [0.3, 0.4) is 0 Å². The number of carbonyl (C=O) groups excluding carboxylic acids is 5. The van der Waals surface area contributed by atoms with Crippen molar-refractivity contribution in [3.63, 3.8) is 0 Å². The Morgan fingerprint density at radius 2 is 1.78 bits per heavy atom. The first-order valence-electron chi connectivity index (χ1n) is 20.9. The van der Waals surface area contributed by atoms with Crippen LogP contribution in [0.25, 0.3) is 0 Å². The number of anilines is 1. The summed E-state index contributed by atoms with van der Waals surface area (Å²) in [5.74, 6) is -2.88. The molecule has 2 aromatic carbocycles. The van der Waals surface area contributed by atoms with Gasteiger partial charge in [-0.2, -0.15) is 0 Å². The van der Waals surface area contributed by atoms with Gasteiger partial charge in [0.05, 0.1) is 24.1 Å². The molecule has 0 bridgehead atoms. The molecule has 1 aliphatic heterocycles. The lowest BCUT2D eigenvalue weighted by atomic mass is 9.46. The predicted octanol–water partition coefficient (Wildman–Crippen LogP) is 3.02. The second kappa shape index (κ2) is 18.5. The molecule has 4 fully saturated rings. The van der Waals surface area contributed by atoms with Crippen LogP contribution >= 0.6 is 23.8 Å². The number of phosphoric ester groups is 1. The van der Waals surface area contributed by atoms with Gasteiger partial charge in [-0.3, -0.25) is 28.5 Å². The highest BCUT2D eigenvalue weighted by atomic mass is 79.9. The zero-order valence-electron chi connectivity index (χ0n) is 34.8. The Labute approximate surface area is 372 Å². The molecule has 63 heavy (non-hydrogen) atoms. The third kappa shape index (κ3) is 9.57. The number of hydrogen-bond acceptors (Lipinski definition) is 12. The van der Waals surface area contributed by atoms with Gasteiger partial charge in [-0.25, -0.2) is 4.57 Å². The summed E-state index contributed by atoms with van der Waals surface area (Å²) in [6, 6.07) is 13.3. The van der Waals surface area contributed by atoms with Crippen LogP contribution in [0, 0.1) is 28.6 Å². The molecule has 0 aromatic heterocycles. The third-order valence-corrected chi connectivity index (χ3v) is 14.8. The molecule has 4 aliphatic carbocycles. The first-order chi connectivity index (χ1) is 29.8. The van der Waals surface area contributed by atoms with E-state index >= 15 is 0 Å². The Morgan fingerprint density at radius 3 is 2.48 bits per heavy atom. The van der Waals surface area contributed by atoms with E-state index in [4.69, 9.17) is 14.0 Å². The summed E-state index contributed by atoms with van der Waals surface area (Å²) in [6.45, 7) is 2.65. The van der Waals surface area contributed by atoms with Gasteiger partial charge in [0.15, 0.2) is 29.7 Å². The average molecular weight is 959 g/mol. The maximum atomic E-state index is 14.4. The van der Waals surface area contributed by atoms with Gasteiger partial charge in [0, 0.05) is 34.4 Å². The summed E-state index contributed by atoms with van der Waals surface area (Å²) in [5, 5.41) is 38.5. The number of amides is 3. The molecule has 8 N–H and O–H groups in total. The highest BCUT2D eigenvalue weighted by molar-refractivity contribution is 9.09. The van der Waals surface area contributed by atoms with E-state index < -0.39 is 85.2 Å². The SMILES string of the molecule is C[C@]12C=CC(=O)C=C1CC[C@@H]1[C@@H]2[C@@H](O)C[C@@]2(C)[C@H]1C[C@H]1O[C@@H](c3ccc(Cc4cccc(NC(=O)[C@H](CCC(O)O)NC(=O)CNC(=O)CBr)c4)cc3)O[C@]12C(=O)COP(=O)(O)O. The molecule has 3 saturated carbocycles. The first-order valence-corrected chi connectivity index (χ1v) is 23.6. The molecule has 0 unspecified atom stereocenters. The van der Waals surface area contributed by atoms with Gasteiger partial charge in [-0.1, -0.05) is 77.8 Å². The number of allylic oxidation sites excluding steroid dienone is 4. The first kappa shape index (κ1) is 47.0. The largest absolute Gasteiger partial charge is 0.470 e. The number of nitrogens with one attached hydrogen (secondary N) is 3. The van der Waals surface area contributed by atoms with E-state index in [1.54, 1.807) is 42.5 Å². The summed E-state index contributed by atoms with van der Waals surface area (Å²) in [5.41, 5.74) is 0.433. The maximum Gasteiger partial charge on any atom is 0.470 e. The predicted molar refractivity (Wildman–Crippen MR) is 228 cm³/mol. The lowest BCUT2D eigenvalue weighted by molar-refractivity contribution is -0.200. The molecule has 0 radical (unpaired) electrons. The number of ether oxygens (including phenoxy) is 2. The second-order valence-corrected chi connectivity index (χ2v) is 19.4. The number of phosphoric acid groups is 1. The van der Waals surface area contributed by atoms with Crippen molar-refractivity contribution in [3.05, 3.63) is 89.0 Å². The van der Waals surface area contributed by atoms with Gasteiger partial charge in [0.25, 0.3) is 0 Å². The smallest absolute Gasteiger partial charge is 0.393 e. The number of alkyl halides is 1. The van der Waals surface area contributed by atoms with Crippen molar-refractivity contribution in [2.24, 2.45) is 28.6 Å². The van der Waals surface area contributed by atoms with E-state index in [2.05, 4.69) is 31.9 Å². The van der Waals surface area contributed by atoms with Crippen molar-refractivity contribution in [2.45, 2.75) is 95.2 Å². The van der Waals surface area contributed by atoms with Crippen LogP contribution in [0.5, 0.6) is 0 Å². The molecule has 3 amide bonds. The molecule has 340 valence electrons. The molecule has 5 aliphatic rings. The highest BCUT2D eigenvalue weighted by Crippen LogP contribution is 2.70. The van der Waals surface area contributed by atoms with Crippen LogP contribution in [-0.2, 0) is 49.0 Å². The number of Topliss-reactive ketones (excluding diaryl/α,β-unsaturated/α-hetero) is 1. The van der Waals surface area contributed by atoms with Crippen LogP contribution in [0.2, 0.25) is 0 Å². The number of aliphatic hydroxyl groups is 3. The minimum absolute atomic E-state index is 0.00658. The molecular weight excluding hydrogens is 905 g/mol. The fourth-order valence-corrected chi connectivity index (χ4v) is 11.5. The fourth-order valence-electron chi connectivity index (χ4n) is 11.0. The lowest BCUT2D eigenvalue weighted by Gasteiger charge is -2.59. The Morgan fingerprint density at radius 1 is 1.03 bits per heavy atom. The second-order valence-electron chi connectivity index (χ2n) is 17.6. The van der Waals surface area contributed by atoms with Gasteiger partial charge in [-0.05, 0) is 85.8 Å². The van der Waals surface area contributed by atoms with Crippen molar-refractivity contribution in [1.29, 1.82) is 0 Å². The quantitative estimate of drug-likeness (QED) is 0.0684. The molecule has 17 nitrogen and oxygen atoms in total. The molecular formula is C44H53BrN3O14P. The monoisotopic (exact) mass is 957 g/mol. The van der Waals surface area contributed by atoms with Gasteiger partial charge < -0.3 is 50.5 Å². The highest BCUT2D eigenvalue weighted by Gasteiger charge is 2.76. The van der Waals surface area contributed by atoms with Crippen molar-refractivity contribution in [1.82, 2.24) is 10.6 Å². The molecule has 0 spiro atoms. The molecule has 7 rings (SSSR count). The maximum absolute atomic E-state index is 14.4. The molecule has 1 heterocycles. The Hall–Kier alpha value is -3.94. The Balaban J connectivity index is 1.06. The van der Waals surface area contributed by atoms with Crippen LogP contribution in [0.15, 0.2) is 72.3 Å². The summed E-state index contributed by atoms with van der Waals surface area (Å²) in [6.07, 6.45) is 2.71. The van der Waals surface area contributed by atoms with E-state index in [-0.39, 0.29) is 54.7 Å². The van der Waals surface area contributed by atoms with Crippen LogP contribution in [-0.4, -0.2) is 103 Å². The number of halogens is 1. The zero-order chi connectivity index (χ0) is 45.5. The Bertz CT molecular complexity index is 2230. The standard InChI is InChI=1S/C44H53BrN3O14P/c1-42-15-14-29(49)18-27(42)10-11-30-31-19-35-44(34(51)23-60-63(57,58)59,43(31,2)20-33(50)39(30)42)62-41(61-35)26-8-6-24(7-9-26)16-25-4-3-5-28(17-25)47-40(56)32(12-13-38(54)55)48-37(53)22-46-36(52)21-45/h3-9,14-15,17-18,30-33,35,38-39,41,50,54-55H,10-13,16,19-23H2,1-2H3,(H,46,52)(H,47,56)(H,48,53)(H2,57,58,59)/t30-,31-,32-,33-,35+,39+,41+,42-,43-,44+/m0/s1. The summed E-state index contributed by atoms with van der Waals surface area (Å²) >= 11 is 2.99. The number of hydrogen-bond donors (Lipinski definition) is 8. The Kier molecular flexibility index (Phi) is 13.8. The normalized spacial score (nSPS) is 31.3. The van der Waals surface area contributed by atoms with Gasteiger partial charge in [-0.15, -0.1) is 0 Å². The van der Waals surface area contributed by atoms with E-state index in [1.807, 2.05) is 38.1 Å². The van der Waals surface area contributed by atoms with Crippen molar-refractivity contribution >= 4 is 58.7 Å². The van der Waals surface area contributed by atoms with E-state index in [0.717, 1.165) is 16.7 Å². The number of benzene rings is 2. The van der Waals surface area contributed by atoms with Crippen LogP contribution in [0.4, 0.5) is 5.69 Å². The lowest BCUT2D eigenvalue weighted by Crippen LogP contribution is -2.63. The molecule has 10 atom stereocenters.